The third kappa shape index (κ3) is 2.71. The lowest BCUT2D eigenvalue weighted by molar-refractivity contribution is -0.137. The second-order valence-corrected chi connectivity index (χ2v) is 4.31. The van der Waals surface area contributed by atoms with Gasteiger partial charge in [-0.25, -0.2) is 4.79 Å². The van der Waals surface area contributed by atoms with E-state index >= 15 is 0 Å². The Kier molecular flexibility index (Phi) is 4.50. The molecule has 0 saturated heterocycles. The van der Waals surface area contributed by atoms with Crippen LogP contribution in [-0.4, -0.2) is 33.3 Å². The molecule has 0 fully saturated rings. The number of nitrogens with one attached hydrogen (secondary N) is 1. The van der Waals surface area contributed by atoms with E-state index in [1.165, 1.54) is 6.08 Å². The fourth-order valence-corrected chi connectivity index (χ4v) is 2.35. The molecule has 108 valence electrons. The highest BCUT2D eigenvalue weighted by Gasteiger charge is 2.22. The van der Waals surface area contributed by atoms with Crippen LogP contribution in [0.25, 0.3) is 5.70 Å². The largest absolute Gasteiger partial charge is 0.496 e. The van der Waals surface area contributed by atoms with E-state index in [4.69, 9.17) is 14.2 Å². The molecule has 0 atom stereocenters. The number of methoxy groups -OCH3 is 2. The van der Waals surface area contributed by atoms with Crippen molar-refractivity contribution in [3.63, 3.8) is 0 Å². The van der Waals surface area contributed by atoms with Crippen molar-refractivity contribution in [3.8, 4) is 11.5 Å². The lowest BCUT2D eigenvalue weighted by atomic mass is 9.95. The quantitative estimate of drug-likeness (QED) is 0.671. The van der Waals surface area contributed by atoms with Crippen LogP contribution in [0.5, 0.6) is 11.5 Å². The van der Waals surface area contributed by atoms with Crippen LogP contribution in [0, 0.1) is 0 Å². The third-order valence-electron chi connectivity index (χ3n) is 3.18. The van der Waals surface area contributed by atoms with Gasteiger partial charge in [0.25, 0.3) is 0 Å². The van der Waals surface area contributed by atoms with Crippen LogP contribution in [0.2, 0.25) is 0 Å². The summed E-state index contributed by atoms with van der Waals surface area (Å²) in [4.78, 5) is 11.7. The smallest absolute Gasteiger partial charge is 0.332 e. The van der Waals surface area contributed by atoms with Crippen molar-refractivity contribution in [1.82, 2.24) is 5.32 Å². The monoisotopic (exact) mass is 277 g/mol. The van der Waals surface area contributed by atoms with Gasteiger partial charge in [0.1, 0.15) is 11.5 Å². The van der Waals surface area contributed by atoms with Crippen LogP contribution >= 0.6 is 0 Å². The van der Waals surface area contributed by atoms with Crippen LogP contribution in [0.4, 0.5) is 0 Å². The molecule has 1 heterocycles. The summed E-state index contributed by atoms with van der Waals surface area (Å²) in [5.74, 6) is 1.15. The lowest BCUT2D eigenvalue weighted by Crippen LogP contribution is -2.24. The fourth-order valence-electron chi connectivity index (χ4n) is 2.35. The molecule has 5 heteroatoms. The normalized spacial score (nSPS) is 15.2. The Balaban J connectivity index is 2.50. The first-order valence-corrected chi connectivity index (χ1v) is 6.57. The molecule has 1 aromatic carbocycles. The average Bonchev–Trinajstić information content (AvgIpc) is 2.46. The van der Waals surface area contributed by atoms with E-state index in [1.54, 1.807) is 21.1 Å². The van der Waals surface area contributed by atoms with Gasteiger partial charge in [0.15, 0.2) is 0 Å². The van der Waals surface area contributed by atoms with Crippen LogP contribution in [-0.2, 0) is 16.0 Å². The van der Waals surface area contributed by atoms with Crippen LogP contribution in [0.3, 0.4) is 0 Å². The number of carbonyl (C=O) groups excluding carboxylic acids is 1. The molecule has 2 rings (SSSR count). The topological polar surface area (TPSA) is 56.8 Å². The Labute approximate surface area is 118 Å². The van der Waals surface area contributed by atoms with Crippen molar-refractivity contribution in [2.45, 2.75) is 13.3 Å². The molecule has 1 aromatic rings. The number of carbonyl (C=O) groups is 1. The molecule has 0 bridgehead atoms. The number of fused-ring (bicyclic) bond motifs is 1. The van der Waals surface area contributed by atoms with Crippen molar-refractivity contribution in [2.75, 3.05) is 27.4 Å². The molecule has 0 radical (unpaired) electrons. The molecular weight excluding hydrogens is 258 g/mol. The van der Waals surface area contributed by atoms with Gasteiger partial charge in [0.2, 0.25) is 0 Å². The van der Waals surface area contributed by atoms with Gasteiger partial charge in [-0.15, -0.1) is 0 Å². The highest BCUT2D eigenvalue weighted by atomic mass is 16.5. The van der Waals surface area contributed by atoms with E-state index in [1.807, 2.05) is 12.1 Å². The second-order valence-electron chi connectivity index (χ2n) is 4.31. The molecule has 0 amide bonds. The van der Waals surface area contributed by atoms with Crippen molar-refractivity contribution < 1.29 is 19.0 Å². The van der Waals surface area contributed by atoms with Crippen molar-refractivity contribution in [2.24, 2.45) is 0 Å². The van der Waals surface area contributed by atoms with Gasteiger partial charge >= 0.3 is 5.97 Å². The number of rotatable bonds is 4. The summed E-state index contributed by atoms with van der Waals surface area (Å²) in [6, 6.07) is 3.72. The number of esters is 1. The summed E-state index contributed by atoms with van der Waals surface area (Å²) in [5.41, 5.74) is 2.62. The Hall–Kier alpha value is -2.17. The molecule has 1 aliphatic heterocycles. The maximum Gasteiger partial charge on any atom is 0.332 e. The molecule has 0 spiro atoms. The molecular formula is C15H19NO4. The summed E-state index contributed by atoms with van der Waals surface area (Å²) in [7, 11) is 3.25. The van der Waals surface area contributed by atoms with E-state index < -0.39 is 0 Å². The predicted molar refractivity (Wildman–Crippen MR) is 75.9 cm³/mol. The first-order valence-electron chi connectivity index (χ1n) is 6.57. The maximum absolute atomic E-state index is 11.7. The van der Waals surface area contributed by atoms with Crippen LogP contribution < -0.4 is 14.8 Å². The van der Waals surface area contributed by atoms with Crippen molar-refractivity contribution in [3.05, 3.63) is 29.3 Å². The summed E-state index contributed by atoms with van der Waals surface area (Å²) in [5, 5.41) is 3.22. The van der Waals surface area contributed by atoms with Gasteiger partial charge in [0.05, 0.1) is 26.5 Å². The lowest BCUT2D eigenvalue weighted by Gasteiger charge is -2.25. The van der Waals surface area contributed by atoms with E-state index in [2.05, 4.69) is 5.32 Å². The van der Waals surface area contributed by atoms with Crippen molar-refractivity contribution >= 4 is 11.7 Å². The van der Waals surface area contributed by atoms with Gasteiger partial charge in [-0.2, -0.15) is 0 Å². The molecule has 0 saturated carbocycles. The molecule has 0 aliphatic carbocycles. The first-order chi connectivity index (χ1) is 9.71. The van der Waals surface area contributed by atoms with E-state index in [0.717, 1.165) is 29.8 Å². The zero-order chi connectivity index (χ0) is 14.5. The molecule has 1 N–H and O–H groups in total. The Morgan fingerprint density at radius 2 is 2.00 bits per heavy atom. The number of benzene rings is 1. The van der Waals surface area contributed by atoms with Gasteiger partial charge in [-0.1, -0.05) is 0 Å². The molecule has 20 heavy (non-hydrogen) atoms. The SMILES string of the molecule is CCOC(=O)/C=C1\NCCc2c(OC)ccc(OC)c21. The van der Waals surface area contributed by atoms with E-state index in [-0.39, 0.29) is 5.97 Å². The minimum Gasteiger partial charge on any atom is -0.496 e. The highest BCUT2D eigenvalue weighted by molar-refractivity contribution is 5.93. The Morgan fingerprint density at radius 3 is 2.65 bits per heavy atom. The standard InChI is InChI=1S/C15H19NO4/c1-4-20-14(17)9-11-15-10(7-8-16-11)12(18-2)5-6-13(15)19-3/h5-6,9,16H,4,7-8H2,1-3H3/b11-9-. The average molecular weight is 277 g/mol. The van der Waals surface area contributed by atoms with Crippen molar-refractivity contribution in [1.29, 1.82) is 0 Å². The molecule has 1 aliphatic rings. The third-order valence-corrected chi connectivity index (χ3v) is 3.18. The highest BCUT2D eigenvalue weighted by Crippen LogP contribution is 2.36. The molecule has 5 nitrogen and oxygen atoms in total. The summed E-state index contributed by atoms with van der Waals surface area (Å²) < 4.78 is 15.7. The first kappa shape index (κ1) is 14.2. The van der Waals surface area contributed by atoms with Gasteiger partial charge in [-0.05, 0) is 25.5 Å². The molecule has 0 unspecified atom stereocenters. The van der Waals surface area contributed by atoms with Crippen LogP contribution in [0.1, 0.15) is 18.1 Å². The van der Waals surface area contributed by atoms with Gasteiger partial charge < -0.3 is 19.5 Å². The van der Waals surface area contributed by atoms with Crippen LogP contribution in [0.15, 0.2) is 18.2 Å². The zero-order valence-corrected chi connectivity index (χ0v) is 12.0. The number of hydrogen-bond acceptors (Lipinski definition) is 5. The van der Waals surface area contributed by atoms with Gasteiger partial charge in [-0.3, -0.25) is 0 Å². The minimum absolute atomic E-state index is 0.352. The molecule has 0 aromatic heterocycles. The van der Waals surface area contributed by atoms with E-state index in [9.17, 15) is 4.79 Å². The van der Waals surface area contributed by atoms with Gasteiger partial charge in [0, 0.05) is 23.7 Å². The number of ether oxygens (including phenoxy) is 3. The second kappa shape index (κ2) is 6.32. The number of hydrogen-bond donors (Lipinski definition) is 1. The maximum atomic E-state index is 11.7. The minimum atomic E-state index is -0.368. The predicted octanol–water partition coefficient (Wildman–Crippen LogP) is 1.75. The fraction of sp³-hybridized carbons (Fsp3) is 0.400. The zero-order valence-electron chi connectivity index (χ0n) is 12.0. The summed E-state index contributed by atoms with van der Waals surface area (Å²) >= 11 is 0. The summed E-state index contributed by atoms with van der Waals surface area (Å²) in [6.07, 6.45) is 2.28. The Morgan fingerprint density at radius 1 is 1.30 bits per heavy atom. The van der Waals surface area contributed by atoms with E-state index in [0.29, 0.717) is 18.1 Å². The Bertz CT molecular complexity index is 537. The summed E-state index contributed by atoms with van der Waals surface area (Å²) in [6.45, 7) is 2.87.